The van der Waals surface area contributed by atoms with Gasteiger partial charge in [0, 0.05) is 24.7 Å². The molecule has 0 saturated carbocycles. The highest BCUT2D eigenvalue weighted by molar-refractivity contribution is 5.94. The van der Waals surface area contributed by atoms with Gasteiger partial charge in [0.25, 0.3) is 5.91 Å². The van der Waals surface area contributed by atoms with Crippen LogP contribution in [0.25, 0.3) is 0 Å². The van der Waals surface area contributed by atoms with E-state index in [0.717, 1.165) is 5.69 Å². The maximum absolute atomic E-state index is 11.6. The Balaban J connectivity index is 1.71. The van der Waals surface area contributed by atoms with Crippen molar-refractivity contribution in [3.05, 3.63) is 35.9 Å². The molecular weight excluding hydrogens is 248 g/mol. The molecule has 0 atom stereocenters. The van der Waals surface area contributed by atoms with Crippen molar-refractivity contribution in [2.24, 2.45) is 0 Å². The van der Waals surface area contributed by atoms with Crippen LogP contribution in [-0.4, -0.2) is 28.6 Å². The third-order valence-corrected chi connectivity index (χ3v) is 2.39. The van der Waals surface area contributed by atoms with Gasteiger partial charge in [-0.25, -0.2) is 0 Å². The Labute approximate surface area is 109 Å². The number of amides is 2. The molecule has 0 unspecified atom stereocenters. The van der Waals surface area contributed by atoms with E-state index in [2.05, 4.69) is 20.8 Å². The number of hydrogen-bond donors (Lipinski definition) is 3. The molecule has 7 nitrogen and oxygen atoms in total. The highest BCUT2D eigenvalue weighted by atomic mass is 16.3. The van der Waals surface area contributed by atoms with Crippen LogP contribution in [0, 0.1) is 6.92 Å². The first-order valence-corrected chi connectivity index (χ1v) is 5.77. The quantitative estimate of drug-likeness (QED) is 0.750. The van der Waals surface area contributed by atoms with Gasteiger partial charge >= 0.3 is 0 Å². The predicted molar refractivity (Wildman–Crippen MR) is 67.6 cm³/mol. The summed E-state index contributed by atoms with van der Waals surface area (Å²) in [6.45, 7) is 2.09. The molecule has 100 valence electrons. The summed E-state index contributed by atoms with van der Waals surface area (Å²) >= 11 is 0. The Morgan fingerprint density at radius 2 is 2.32 bits per heavy atom. The third-order valence-electron chi connectivity index (χ3n) is 2.39. The second-order valence-electron chi connectivity index (χ2n) is 4.00. The maximum Gasteiger partial charge on any atom is 0.254 e. The molecule has 3 N–H and O–H groups in total. The first kappa shape index (κ1) is 12.9. The summed E-state index contributed by atoms with van der Waals surface area (Å²) in [6.07, 6.45) is 2.94. The molecule has 2 amide bonds. The van der Waals surface area contributed by atoms with Crippen molar-refractivity contribution >= 4 is 17.6 Å². The van der Waals surface area contributed by atoms with E-state index in [1.165, 1.54) is 12.5 Å². The number of hydrogen-bond acceptors (Lipinski definition) is 4. The highest BCUT2D eigenvalue weighted by Crippen LogP contribution is 2.04. The minimum absolute atomic E-state index is 0.176. The first-order chi connectivity index (χ1) is 9.15. The molecule has 0 spiro atoms. The molecule has 0 bridgehead atoms. The highest BCUT2D eigenvalue weighted by Gasteiger charge is 2.08. The molecule has 19 heavy (non-hydrogen) atoms. The second kappa shape index (κ2) is 5.85. The van der Waals surface area contributed by atoms with Crippen LogP contribution in [-0.2, 0) is 4.79 Å². The second-order valence-corrected chi connectivity index (χ2v) is 4.00. The van der Waals surface area contributed by atoms with E-state index in [9.17, 15) is 9.59 Å². The molecule has 0 aliphatic heterocycles. The van der Waals surface area contributed by atoms with E-state index < -0.39 is 0 Å². The molecular formula is C12H14N4O3. The number of furan rings is 1. The standard InChI is InChI=1S/C12H14N4O3/c1-8-6-10(16-15-8)14-11(17)2-4-13-12(18)9-3-5-19-7-9/h3,5-7H,2,4H2,1H3,(H,13,18)(H2,14,15,16,17). The van der Waals surface area contributed by atoms with Gasteiger partial charge in [0.1, 0.15) is 6.26 Å². The minimum Gasteiger partial charge on any atom is -0.472 e. The Kier molecular flexibility index (Phi) is 3.97. The molecule has 2 rings (SSSR count). The van der Waals surface area contributed by atoms with Gasteiger partial charge in [-0.2, -0.15) is 5.10 Å². The van der Waals surface area contributed by atoms with E-state index in [1.54, 1.807) is 12.1 Å². The lowest BCUT2D eigenvalue weighted by molar-refractivity contribution is -0.116. The van der Waals surface area contributed by atoms with Gasteiger partial charge in [0.15, 0.2) is 5.82 Å². The summed E-state index contributed by atoms with van der Waals surface area (Å²) < 4.78 is 4.79. The molecule has 0 saturated heterocycles. The average Bonchev–Trinajstić information content (AvgIpc) is 3.00. The van der Waals surface area contributed by atoms with E-state index >= 15 is 0 Å². The molecule has 0 aliphatic rings. The van der Waals surface area contributed by atoms with Gasteiger partial charge in [0.2, 0.25) is 5.91 Å². The number of aromatic nitrogens is 2. The maximum atomic E-state index is 11.6. The van der Waals surface area contributed by atoms with E-state index in [1.807, 2.05) is 6.92 Å². The minimum atomic E-state index is -0.267. The molecule has 2 aromatic rings. The fourth-order valence-electron chi connectivity index (χ4n) is 1.47. The molecule has 0 aromatic carbocycles. The van der Waals surface area contributed by atoms with Crippen LogP contribution < -0.4 is 10.6 Å². The lowest BCUT2D eigenvalue weighted by atomic mass is 10.3. The summed E-state index contributed by atoms with van der Waals surface area (Å²) in [5.74, 6) is -0.000168. The summed E-state index contributed by atoms with van der Waals surface area (Å²) in [7, 11) is 0. The van der Waals surface area contributed by atoms with Gasteiger partial charge < -0.3 is 15.1 Å². The zero-order valence-electron chi connectivity index (χ0n) is 10.4. The van der Waals surface area contributed by atoms with Crippen LogP contribution in [0.1, 0.15) is 22.5 Å². The summed E-state index contributed by atoms with van der Waals surface area (Å²) in [5, 5.41) is 11.8. The lowest BCUT2D eigenvalue weighted by Crippen LogP contribution is -2.27. The smallest absolute Gasteiger partial charge is 0.254 e. The number of anilines is 1. The van der Waals surface area contributed by atoms with Crippen LogP contribution >= 0.6 is 0 Å². The number of aryl methyl sites for hydroxylation is 1. The Hall–Kier alpha value is -2.57. The topological polar surface area (TPSA) is 100 Å². The third kappa shape index (κ3) is 3.70. The molecule has 7 heteroatoms. The number of carbonyl (C=O) groups excluding carboxylic acids is 2. The van der Waals surface area contributed by atoms with Crippen molar-refractivity contribution in [3.8, 4) is 0 Å². The van der Waals surface area contributed by atoms with Crippen molar-refractivity contribution in [1.82, 2.24) is 15.5 Å². The lowest BCUT2D eigenvalue weighted by Gasteiger charge is -2.03. The summed E-state index contributed by atoms with van der Waals surface area (Å²) in [4.78, 5) is 23.1. The monoisotopic (exact) mass is 262 g/mol. The summed E-state index contributed by atoms with van der Waals surface area (Å²) in [5.41, 5.74) is 1.30. The van der Waals surface area contributed by atoms with Crippen molar-refractivity contribution in [2.45, 2.75) is 13.3 Å². The normalized spacial score (nSPS) is 10.2. The van der Waals surface area contributed by atoms with Crippen LogP contribution in [0.3, 0.4) is 0 Å². The summed E-state index contributed by atoms with van der Waals surface area (Å²) in [6, 6.07) is 3.28. The Morgan fingerprint density at radius 1 is 1.47 bits per heavy atom. The number of nitrogens with zero attached hydrogens (tertiary/aromatic N) is 1. The number of nitrogens with one attached hydrogen (secondary N) is 3. The predicted octanol–water partition coefficient (Wildman–Crippen LogP) is 1.07. The number of aromatic amines is 1. The Morgan fingerprint density at radius 3 is 2.95 bits per heavy atom. The zero-order chi connectivity index (χ0) is 13.7. The van der Waals surface area contributed by atoms with Crippen LogP contribution in [0.15, 0.2) is 29.1 Å². The van der Waals surface area contributed by atoms with Crippen LogP contribution in [0.2, 0.25) is 0 Å². The van der Waals surface area contributed by atoms with Gasteiger partial charge in [-0.05, 0) is 13.0 Å². The van der Waals surface area contributed by atoms with Crippen molar-refractivity contribution < 1.29 is 14.0 Å². The number of rotatable bonds is 5. The van der Waals surface area contributed by atoms with E-state index in [-0.39, 0.29) is 24.8 Å². The molecule has 2 heterocycles. The van der Waals surface area contributed by atoms with Crippen molar-refractivity contribution in [1.29, 1.82) is 0 Å². The molecule has 0 radical (unpaired) electrons. The van der Waals surface area contributed by atoms with Crippen molar-refractivity contribution in [2.75, 3.05) is 11.9 Å². The van der Waals surface area contributed by atoms with Crippen molar-refractivity contribution in [3.63, 3.8) is 0 Å². The first-order valence-electron chi connectivity index (χ1n) is 5.77. The largest absolute Gasteiger partial charge is 0.472 e. The van der Waals surface area contributed by atoms with Gasteiger partial charge in [-0.1, -0.05) is 0 Å². The molecule has 0 fully saturated rings. The van der Waals surface area contributed by atoms with Crippen LogP contribution in [0.4, 0.5) is 5.82 Å². The number of carbonyl (C=O) groups is 2. The molecule has 0 aliphatic carbocycles. The van der Waals surface area contributed by atoms with E-state index in [0.29, 0.717) is 11.4 Å². The number of H-pyrrole nitrogens is 1. The zero-order valence-corrected chi connectivity index (χ0v) is 10.4. The van der Waals surface area contributed by atoms with Gasteiger partial charge in [-0.15, -0.1) is 0 Å². The SMILES string of the molecule is Cc1cc(NC(=O)CCNC(=O)c2ccoc2)n[nH]1. The molecule has 2 aromatic heterocycles. The fraction of sp³-hybridized carbons (Fsp3) is 0.250. The van der Waals surface area contributed by atoms with Crippen LogP contribution in [0.5, 0.6) is 0 Å². The van der Waals surface area contributed by atoms with Gasteiger partial charge in [0.05, 0.1) is 11.8 Å². The average molecular weight is 262 g/mol. The van der Waals surface area contributed by atoms with E-state index in [4.69, 9.17) is 4.42 Å². The fourth-order valence-corrected chi connectivity index (χ4v) is 1.47. The Bertz CT molecular complexity index is 559. The van der Waals surface area contributed by atoms with Gasteiger partial charge in [-0.3, -0.25) is 14.7 Å².